The summed E-state index contributed by atoms with van der Waals surface area (Å²) < 4.78 is 5.22. The van der Waals surface area contributed by atoms with E-state index in [2.05, 4.69) is 21.4 Å². The number of nitrogens with one attached hydrogen (secondary N) is 1. The van der Waals surface area contributed by atoms with E-state index in [1.807, 2.05) is 13.8 Å². The Morgan fingerprint density at radius 2 is 2.33 bits per heavy atom. The van der Waals surface area contributed by atoms with Crippen LogP contribution >= 0.6 is 0 Å². The fraction of sp³-hybridized carbons (Fsp3) is 0.889. The minimum Gasteiger partial charge on any atom is -0.379 e. The summed E-state index contributed by atoms with van der Waals surface area (Å²) in [6.45, 7) is 4.70. The largest absolute Gasteiger partial charge is 0.379 e. The molecule has 0 bridgehead atoms. The van der Waals surface area contributed by atoms with Crippen LogP contribution in [-0.2, 0) is 4.74 Å². The van der Waals surface area contributed by atoms with Crippen LogP contribution in [0.5, 0.6) is 0 Å². The lowest BCUT2D eigenvalue weighted by Crippen LogP contribution is -2.37. The van der Waals surface area contributed by atoms with Gasteiger partial charge in [0.05, 0.1) is 17.7 Å². The number of rotatable bonds is 7. The van der Waals surface area contributed by atoms with Crippen LogP contribution in [0.1, 0.15) is 20.3 Å². The van der Waals surface area contributed by atoms with Gasteiger partial charge in [-0.2, -0.15) is 5.26 Å². The minimum atomic E-state index is -0.327. The lowest BCUT2D eigenvalue weighted by molar-refractivity contribution is 0.0113. The van der Waals surface area contributed by atoms with Gasteiger partial charge in [-0.1, -0.05) is 5.11 Å². The second kappa shape index (κ2) is 7.07. The SMILES string of the molecule is COC(C)(C)CC(C#N)NCCN=[N+]=[N-]. The van der Waals surface area contributed by atoms with Gasteiger partial charge in [0.15, 0.2) is 0 Å². The Morgan fingerprint density at radius 3 is 2.80 bits per heavy atom. The Bertz CT molecular complexity index is 264. The summed E-state index contributed by atoms with van der Waals surface area (Å²) in [7, 11) is 1.62. The van der Waals surface area contributed by atoms with Crippen LogP contribution in [0.15, 0.2) is 5.11 Å². The summed E-state index contributed by atoms with van der Waals surface area (Å²) >= 11 is 0. The predicted molar refractivity (Wildman–Crippen MR) is 57.1 cm³/mol. The van der Waals surface area contributed by atoms with Crippen molar-refractivity contribution in [3.8, 4) is 6.07 Å². The Labute approximate surface area is 89.8 Å². The Kier molecular flexibility index (Phi) is 6.47. The maximum atomic E-state index is 8.87. The normalized spacial score (nSPS) is 12.7. The third kappa shape index (κ3) is 6.75. The zero-order valence-corrected chi connectivity index (χ0v) is 9.40. The van der Waals surface area contributed by atoms with Gasteiger partial charge in [0, 0.05) is 31.5 Å². The molecule has 0 radical (unpaired) electrons. The third-order valence-corrected chi connectivity index (χ3v) is 2.07. The van der Waals surface area contributed by atoms with E-state index in [0.717, 1.165) is 0 Å². The smallest absolute Gasteiger partial charge is 0.0980 e. The topological polar surface area (TPSA) is 93.8 Å². The van der Waals surface area contributed by atoms with Gasteiger partial charge in [-0.05, 0) is 19.4 Å². The average Bonchev–Trinajstić information content (AvgIpc) is 2.22. The van der Waals surface area contributed by atoms with Crippen molar-refractivity contribution in [1.82, 2.24) is 5.32 Å². The van der Waals surface area contributed by atoms with Crippen LogP contribution in [0.3, 0.4) is 0 Å². The van der Waals surface area contributed by atoms with E-state index in [4.69, 9.17) is 15.5 Å². The quantitative estimate of drug-likeness (QED) is 0.300. The molecule has 0 spiro atoms. The van der Waals surface area contributed by atoms with Gasteiger partial charge in [-0.15, -0.1) is 0 Å². The van der Waals surface area contributed by atoms with Crippen molar-refractivity contribution in [2.75, 3.05) is 20.2 Å². The predicted octanol–water partition coefficient (Wildman–Crippen LogP) is 1.59. The summed E-state index contributed by atoms with van der Waals surface area (Å²) in [5.41, 5.74) is 7.73. The van der Waals surface area contributed by atoms with Crippen molar-refractivity contribution in [3.63, 3.8) is 0 Å². The summed E-state index contributed by atoms with van der Waals surface area (Å²) in [4.78, 5) is 2.63. The summed E-state index contributed by atoms with van der Waals surface area (Å²) in [5, 5.41) is 15.2. The minimum absolute atomic E-state index is 0.283. The van der Waals surface area contributed by atoms with Crippen molar-refractivity contribution < 1.29 is 4.74 Å². The van der Waals surface area contributed by atoms with Gasteiger partial charge in [0.2, 0.25) is 0 Å². The first kappa shape index (κ1) is 13.7. The molecule has 84 valence electrons. The second-order valence-electron chi connectivity index (χ2n) is 3.76. The molecular weight excluding hydrogens is 194 g/mol. The van der Waals surface area contributed by atoms with Crippen LogP contribution in [0.25, 0.3) is 10.4 Å². The number of azide groups is 1. The first-order valence-corrected chi connectivity index (χ1v) is 4.74. The molecule has 0 aromatic rings. The first-order chi connectivity index (χ1) is 7.05. The molecule has 0 saturated heterocycles. The molecule has 0 aromatic heterocycles. The fourth-order valence-electron chi connectivity index (χ4n) is 1.07. The highest BCUT2D eigenvalue weighted by Gasteiger charge is 2.21. The van der Waals surface area contributed by atoms with Crippen molar-refractivity contribution in [1.29, 1.82) is 5.26 Å². The molecule has 0 amide bonds. The summed E-state index contributed by atoms with van der Waals surface area (Å²) in [5.74, 6) is 0. The Balaban J connectivity index is 3.94. The zero-order valence-electron chi connectivity index (χ0n) is 9.40. The Hall–Kier alpha value is -1.28. The van der Waals surface area contributed by atoms with Gasteiger partial charge in [0.1, 0.15) is 0 Å². The first-order valence-electron chi connectivity index (χ1n) is 4.74. The molecule has 1 unspecified atom stereocenters. The third-order valence-electron chi connectivity index (χ3n) is 2.07. The van der Waals surface area contributed by atoms with Crippen LogP contribution in [0.4, 0.5) is 0 Å². The number of ether oxygens (including phenoxy) is 1. The average molecular weight is 211 g/mol. The maximum absolute atomic E-state index is 8.87. The maximum Gasteiger partial charge on any atom is 0.0980 e. The van der Waals surface area contributed by atoms with E-state index in [0.29, 0.717) is 19.5 Å². The van der Waals surface area contributed by atoms with Gasteiger partial charge < -0.3 is 10.1 Å². The van der Waals surface area contributed by atoms with Crippen LogP contribution < -0.4 is 5.32 Å². The molecule has 0 aliphatic heterocycles. The molecule has 1 N–H and O–H groups in total. The highest BCUT2D eigenvalue weighted by atomic mass is 16.5. The van der Waals surface area contributed by atoms with Crippen molar-refractivity contribution in [2.24, 2.45) is 5.11 Å². The number of hydrogen-bond acceptors (Lipinski definition) is 4. The molecule has 0 heterocycles. The molecule has 15 heavy (non-hydrogen) atoms. The molecule has 0 aromatic carbocycles. The molecule has 0 aliphatic carbocycles. The second-order valence-corrected chi connectivity index (χ2v) is 3.76. The molecule has 0 saturated carbocycles. The van der Waals surface area contributed by atoms with E-state index in [9.17, 15) is 0 Å². The lowest BCUT2D eigenvalue weighted by atomic mass is 9.99. The molecule has 0 rings (SSSR count). The summed E-state index contributed by atoms with van der Waals surface area (Å²) in [6, 6.07) is 1.86. The highest BCUT2D eigenvalue weighted by molar-refractivity contribution is 4.94. The molecule has 0 aliphatic rings. The molecule has 0 fully saturated rings. The molecule has 6 heteroatoms. The number of methoxy groups -OCH3 is 1. The van der Waals surface area contributed by atoms with Crippen LogP contribution in [-0.4, -0.2) is 31.8 Å². The van der Waals surface area contributed by atoms with E-state index in [-0.39, 0.29) is 11.6 Å². The Morgan fingerprint density at radius 1 is 1.67 bits per heavy atom. The van der Waals surface area contributed by atoms with Crippen LogP contribution in [0.2, 0.25) is 0 Å². The van der Waals surface area contributed by atoms with Crippen LogP contribution in [0, 0.1) is 11.3 Å². The number of hydrogen-bond donors (Lipinski definition) is 1. The molecular formula is C9H17N5O. The van der Waals surface area contributed by atoms with Crippen molar-refractivity contribution in [3.05, 3.63) is 10.4 Å². The van der Waals surface area contributed by atoms with Gasteiger partial charge >= 0.3 is 0 Å². The van der Waals surface area contributed by atoms with Crippen molar-refractivity contribution in [2.45, 2.75) is 31.9 Å². The number of nitrogens with zero attached hydrogens (tertiary/aromatic N) is 4. The van der Waals surface area contributed by atoms with Gasteiger partial charge in [-0.3, -0.25) is 0 Å². The van der Waals surface area contributed by atoms with Crippen molar-refractivity contribution >= 4 is 0 Å². The molecule has 1 atom stereocenters. The zero-order chi connectivity index (χ0) is 11.7. The monoisotopic (exact) mass is 211 g/mol. The van der Waals surface area contributed by atoms with Gasteiger partial charge in [0.25, 0.3) is 0 Å². The fourth-order valence-corrected chi connectivity index (χ4v) is 1.07. The van der Waals surface area contributed by atoms with E-state index < -0.39 is 0 Å². The summed E-state index contributed by atoms with van der Waals surface area (Å²) in [6.07, 6.45) is 0.594. The number of nitriles is 1. The van der Waals surface area contributed by atoms with E-state index in [1.54, 1.807) is 7.11 Å². The van der Waals surface area contributed by atoms with Gasteiger partial charge in [-0.25, -0.2) is 0 Å². The van der Waals surface area contributed by atoms with E-state index >= 15 is 0 Å². The van der Waals surface area contributed by atoms with E-state index in [1.165, 1.54) is 0 Å². The lowest BCUT2D eigenvalue weighted by Gasteiger charge is -2.25. The standard InChI is InChI=1S/C9H17N5O/c1-9(2,15-3)6-8(7-10)12-4-5-13-14-11/h8,12H,4-6H2,1-3H3. The highest BCUT2D eigenvalue weighted by Crippen LogP contribution is 2.14. The molecule has 6 nitrogen and oxygen atoms in total.